The number of ether oxygens (including phenoxy) is 2. The highest BCUT2D eigenvalue weighted by Crippen LogP contribution is 2.25. The molecule has 2 rings (SSSR count). The van der Waals surface area contributed by atoms with Crippen LogP contribution in [0.2, 0.25) is 0 Å². The van der Waals surface area contributed by atoms with Gasteiger partial charge in [0, 0.05) is 11.6 Å². The molecule has 0 atom stereocenters. The number of carboxylic acid groups (broad SMARTS) is 1. The number of phenolic OH excluding ortho intramolecular Hbond substituents is 1. The average Bonchev–Trinajstić information content (AvgIpc) is 2.52. The predicted octanol–water partition coefficient (Wildman–Crippen LogP) is 2.70. The standard InChI is InChI=1S/C16H14O6/c17-14-10-12(21-8-9-22-16(19)20)6-7-13(14)15(18)11-4-2-1-3-5-11/h1-7,10,17H,8-9H2,(H,19,20). The second-order valence-corrected chi connectivity index (χ2v) is 4.34. The molecule has 2 N–H and O–H groups in total. The van der Waals surface area contributed by atoms with Gasteiger partial charge in [-0.1, -0.05) is 30.3 Å². The number of phenols is 1. The van der Waals surface area contributed by atoms with Crippen LogP contribution in [0.1, 0.15) is 15.9 Å². The van der Waals surface area contributed by atoms with E-state index in [4.69, 9.17) is 9.84 Å². The smallest absolute Gasteiger partial charge is 0.505 e. The van der Waals surface area contributed by atoms with Crippen molar-refractivity contribution >= 4 is 11.9 Å². The molecule has 2 aromatic carbocycles. The van der Waals surface area contributed by atoms with E-state index in [2.05, 4.69) is 4.74 Å². The number of hydrogen-bond donors (Lipinski definition) is 2. The second-order valence-electron chi connectivity index (χ2n) is 4.34. The van der Waals surface area contributed by atoms with Gasteiger partial charge in [-0.05, 0) is 12.1 Å². The van der Waals surface area contributed by atoms with Crippen LogP contribution in [0, 0.1) is 0 Å². The summed E-state index contributed by atoms with van der Waals surface area (Å²) in [6.45, 7) is -0.113. The molecule has 0 heterocycles. The van der Waals surface area contributed by atoms with Crippen molar-refractivity contribution < 1.29 is 29.3 Å². The highest BCUT2D eigenvalue weighted by Gasteiger charge is 2.14. The molecule has 0 radical (unpaired) electrons. The first kappa shape index (κ1) is 15.4. The predicted molar refractivity (Wildman–Crippen MR) is 77.5 cm³/mol. The van der Waals surface area contributed by atoms with Crippen molar-refractivity contribution in [1.29, 1.82) is 0 Å². The molecule has 114 valence electrons. The van der Waals surface area contributed by atoms with Gasteiger partial charge in [-0.25, -0.2) is 4.79 Å². The summed E-state index contributed by atoms with van der Waals surface area (Å²) in [5.41, 5.74) is 0.640. The Bertz CT molecular complexity index is 666. The Kier molecular flexibility index (Phi) is 4.98. The van der Waals surface area contributed by atoms with Crippen molar-refractivity contribution in [2.45, 2.75) is 0 Å². The van der Waals surface area contributed by atoms with E-state index >= 15 is 0 Å². The molecule has 6 nitrogen and oxygen atoms in total. The third-order valence-electron chi connectivity index (χ3n) is 2.83. The maximum atomic E-state index is 12.2. The summed E-state index contributed by atoms with van der Waals surface area (Å²) < 4.78 is 9.51. The van der Waals surface area contributed by atoms with Crippen LogP contribution in [0.4, 0.5) is 4.79 Å². The third kappa shape index (κ3) is 3.99. The lowest BCUT2D eigenvalue weighted by molar-refractivity contribution is 0.0780. The molecule has 0 aromatic heterocycles. The molecule has 0 aliphatic rings. The van der Waals surface area contributed by atoms with Crippen molar-refractivity contribution in [3.8, 4) is 11.5 Å². The lowest BCUT2D eigenvalue weighted by Gasteiger charge is -2.08. The van der Waals surface area contributed by atoms with E-state index in [1.165, 1.54) is 18.2 Å². The number of carbonyl (C=O) groups excluding carboxylic acids is 1. The first-order valence-corrected chi connectivity index (χ1v) is 6.49. The van der Waals surface area contributed by atoms with Gasteiger partial charge in [0.25, 0.3) is 0 Å². The SMILES string of the molecule is O=C(O)OCCOc1ccc(C(=O)c2ccccc2)c(O)c1. The van der Waals surface area contributed by atoms with E-state index in [9.17, 15) is 14.7 Å². The number of ketones is 1. The Morgan fingerprint density at radius 3 is 2.36 bits per heavy atom. The fourth-order valence-electron chi connectivity index (χ4n) is 1.83. The summed E-state index contributed by atoms with van der Waals surface area (Å²) in [6.07, 6.45) is -1.38. The minimum atomic E-state index is -1.38. The number of benzene rings is 2. The summed E-state index contributed by atoms with van der Waals surface area (Å²) in [4.78, 5) is 22.4. The minimum Gasteiger partial charge on any atom is -0.507 e. The Labute approximate surface area is 126 Å². The van der Waals surface area contributed by atoms with E-state index < -0.39 is 6.16 Å². The van der Waals surface area contributed by atoms with Crippen molar-refractivity contribution in [2.75, 3.05) is 13.2 Å². The van der Waals surface area contributed by atoms with Crippen LogP contribution in [-0.2, 0) is 4.74 Å². The zero-order valence-electron chi connectivity index (χ0n) is 11.6. The van der Waals surface area contributed by atoms with E-state index in [1.807, 2.05) is 0 Å². The zero-order chi connectivity index (χ0) is 15.9. The summed E-state index contributed by atoms with van der Waals surface area (Å²) >= 11 is 0. The van der Waals surface area contributed by atoms with Gasteiger partial charge in [0.1, 0.15) is 24.7 Å². The molecule has 0 aliphatic carbocycles. The maximum absolute atomic E-state index is 12.2. The number of hydrogen-bond acceptors (Lipinski definition) is 5. The van der Waals surface area contributed by atoms with Crippen molar-refractivity contribution in [3.63, 3.8) is 0 Å². The topological polar surface area (TPSA) is 93.1 Å². The van der Waals surface area contributed by atoms with Crippen molar-refractivity contribution in [3.05, 3.63) is 59.7 Å². The molecule has 0 aliphatic heterocycles. The summed E-state index contributed by atoms with van der Waals surface area (Å²) in [5, 5.41) is 18.2. The van der Waals surface area contributed by atoms with Crippen LogP contribution in [0.5, 0.6) is 11.5 Å². The highest BCUT2D eigenvalue weighted by molar-refractivity contribution is 6.10. The molecule has 6 heteroatoms. The average molecular weight is 302 g/mol. The maximum Gasteiger partial charge on any atom is 0.505 e. The fourth-order valence-corrected chi connectivity index (χ4v) is 1.83. The molecular formula is C16H14O6. The van der Waals surface area contributed by atoms with Crippen LogP contribution in [0.15, 0.2) is 48.5 Å². The van der Waals surface area contributed by atoms with E-state index in [0.29, 0.717) is 11.3 Å². The summed E-state index contributed by atoms with van der Waals surface area (Å²) in [6, 6.07) is 12.9. The van der Waals surface area contributed by atoms with Crippen LogP contribution < -0.4 is 4.74 Å². The fraction of sp³-hybridized carbons (Fsp3) is 0.125. The normalized spacial score (nSPS) is 10.0. The quantitative estimate of drug-likeness (QED) is 0.484. The molecule has 0 unspecified atom stereocenters. The molecule has 0 saturated heterocycles. The number of aromatic hydroxyl groups is 1. The van der Waals surface area contributed by atoms with Gasteiger partial charge >= 0.3 is 6.16 Å². The summed E-state index contributed by atoms with van der Waals surface area (Å²) in [7, 11) is 0. The first-order chi connectivity index (χ1) is 10.6. The number of carbonyl (C=O) groups is 2. The second kappa shape index (κ2) is 7.12. The van der Waals surface area contributed by atoms with Crippen LogP contribution in [-0.4, -0.2) is 35.4 Å². The van der Waals surface area contributed by atoms with Gasteiger partial charge in [-0.3, -0.25) is 4.79 Å². The van der Waals surface area contributed by atoms with E-state index in [-0.39, 0.29) is 30.3 Å². The lowest BCUT2D eigenvalue weighted by Crippen LogP contribution is -2.10. The van der Waals surface area contributed by atoms with Crippen molar-refractivity contribution in [2.24, 2.45) is 0 Å². The van der Waals surface area contributed by atoms with Crippen molar-refractivity contribution in [1.82, 2.24) is 0 Å². The third-order valence-corrected chi connectivity index (χ3v) is 2.83. The molecule has 22 heavy (non-hydrogen) atoms. The Hall–Kier alpha value is -3.02. The first-order valence-electron chi connectivity index (χ1n) is 6.49. The molecule has 0 fully saturated rings. The Morgan fingerprint density at radius 1 is 1.00 bits per heavy atom. The highest BCUT2D eigenvalue weighted by atomic mass is 16.7. The monoisotopic (exact) mass is 302 g/mol. The minimum absolute atomic E-state index is 0.0116. The molecule has 0 amide bonds. The molecule has 2 aromatic rings. The van der Waals surface area contributed by atoms with E-state index in [0.717, 1.165) is 0 Å². The molecule has 0 spiro atoms. The van der Waals surface area contributed by atoms with Gasteiger partial charge in [-0.15, -0.1) is 0 Å². The van der Waals surface area contributed by atoms with Crippen LogP contribution >= 0.6 is 0 Å². The number of rotatable bonds is 6. The Morgan fingerprint density at radius 2 is 1.73 bits per heavy atom. The van der Waals surface area contributed by atoms with Gasteiger partial charge in [0.15, 0.2) is 5.78 Å². The summed E-state index contributed by atoms with van der Waals surface area (Å²) in [5.74, 6) is -0.180. The molecule has 0 bridgehead atoms. The largest absolute Gasteiger partial charge is 0.507 e. The van der Waals surface area contributed by atoms with Gasteiger partial charge in [0.05, 0.1) is 5.56 Å². The van der Waals surface area contributed by atoms with E-state index in [1.54, 1.807) is 30.3 Å². The zero-order valence-corrected chi connectivity index (χ0v) is 11.6. The van der Waals surface area contributed by atoms with Crippen LogP contribution in [0.25, 0.3) is 0 Å². The molecular weight excluding hydrogens is 288 g/mol. The van der Waals surface area contributed by atoms with Gasteiger partial charge < -0.3 is 19.7 Å². The van der Waals surface area contributed by atoms with Gasteiger partial charge in [0.2, 0.25) is 0 Å². The lowest BCUT2D eigenvalue weighted by atomic mass is 10.0. The Balaban J connectivity index is 2.03. The van der Waals surface area contributed by atoms with Crippen LogP contribution in [0.3, 0.4) is 0 Å². The molecule has 0 saturated carbocycles. The van der Waals surface area contributed by atoms with Gasteiger partial charge in [-0.2, -0.15) is 0 Å².